The van der Waals surface area contributed by atoms with Crippen molar-refractivity contribution in [2.24, 2.45) is 0 Å². The predicted octanol–water partition coefficient (Wildman–Crippen LogP) is 7.05. The SMILES string of the molecule is COc1cccc(/C=C2\SC(=O)NC2=O)c1-c1cc2c(cc1C(F)(F)F)C(C)(C)CCC2(C)C. The third-order valence-electron chi connectivity index (χ3n) is 6.77. The number of hydrogen-bond donors (Lipinski definition) is 1. The molecule has 0 radical (unpaired) electrons. The molecule has 0 atom stereocenters. The fourth-order valence-electron chi connectivity index (χ4n) is 4.74. The predicted molar refractivity (Wildman–Crippen MR) is 128 cm³/mol. The van der Waals surface area contributed by atoms with Gasteiger partial charge in [-0.2, -0.15) is 13.2 Å². The van der Waals surface area contributed by atoms with Crippen molar-refractivity contribution in [3.05, 3.63) is 57.5 Å². The van der Waals surface area contributed by atoms with Crippen LogP contribution in [0.3, 0.4) is 0 Å². The van der Waals surface area contributed by atoms with E-state index in [2.05, 4.69) is 5.32 Å². The van der Waals surface area contributed by atoms with Crippen molar-refractivity contribution < 1.29 is 27.5 Å². The van der Waals surface area contributed by atoms with Crippen LogP contribution in [0.1, 0.15) is 62.8 Å². The summed E-state index contributed by atoms with van der Waals surface area (Å²) < 4.78 is 48.9. The van der Waals surface area contributed by atoms with Crippen LogP contribution in [0.25, 0.3) is 17.2 Å². The highest BCUT2D eigenvalue weighted by molar-refractivity contribution is 8.18. The first-order valence-electron chi connectivity index (χ1n) is 10.9. The third kappa shape index (κ3) is 4.24. The van der Waals surface area contributed by atoms with Gasteiger partial charge in [0, 0.05) is 5.56 Å². The number of carbonyl (C=O) groups excluding carboxylic acids is 2. The Kier molecular flexibility index (Phi) is 5.87. The van der Waals surface area contributed by atoms with Crippen LogP contribution in [-0.2, 0) is 21.8 Å². The van der Waals surface area contributed by atoms with Crippen molar-refractivity contribution in [2.45, 2.75) is 57.5 Å². The minimum absolute atomic E-state index is 0.00365. The molecular weight excluding hydrogens is 463 g/mol. The number of methoxy groups -OCH3 is 1. The van der Waals surface area contributed by atoms with Crippen LogP contribution in [0, 0.1) is 0 Å². The van der Waals surface area contributed by atoms with Crippen molar-refractivity contribution in [3.8, 4) is 16.9 Å². The van der Waals surface area contributed by atoms with E-state index in [1.165, 1.54) is 19.3 Å². The van der Waals surface area contributed by atoms with Gasteiger partial charge in [0.25, 0.3) is 11.1 Å². The number of carbonyl (C=O) groups is 2. The Hall–Kier alpha value is -2.74. The Balaban J connectivity index is 2.06. The average molecular weight is 490 g/mol. The molecule has 2 aliphatic rings. The van der Waals surface area contributed by atoms with E-state index in [0.29, 0.717) is 22.9 Å². The van der Waals surface area contributed by atoms with Gasteiger partial charge in [-0.05, 0) is 82.0 Å². The number of nitrogens with one attached hydrogen (secondary N) is 1. The molecule has 34 heavy (non-hydrogen) atoms. The topological polar surface area (TPSA) is 55.4 Å². The van der Waals surface area contributed by atoms with Crippen LogP contribution in [0.2, 0.25) is 0 Å². The summed E-state index contributed by atoms with van der Waals surface area (Å²) in [4.78, 5) is 23.9. The number of benzene rings is 2. The van der Waals surface area contributed by atoms with Crippen LogP contribution in [0.4, 0.5) is 18.0 Å². The lowest BCUT2D eigenvalue weighted by atomic mass is 9.62. The van der Waals surface area contributed by atoms with E-state index in [1.807, 2.05) is 27.7 Å². The van der Waals surface area contributed by atoms with Crippen molar-refractivity contribution in [1.82, 2.24) is 5.32 Å². The van der Waals surface area contributed by atoms with Crippen molar-refractivity contribution in [1.29, 1.82) is 0 Å². The lowest BCUT2D eigenvalue weighted by Crippen LogP contribution is -2.34. The lowest BCUT2D eigenvalue weighted by Gasteiger charge is -2.42. The number of rotatable bonds is 3. The number of imide groups is 1. The highest BCUT2D eigenvalue weighted by atomic mass is 32.2. The third-order valence-corrected chi connectivity index (χ3v) is 7.58. The summed E-state index contributed by atoms with van der Waals surface area (Å²) in [5.41, 5.74) is 0.720. The summed E-state index contributed by atoms with van der Waals surface area (Å²) in [5, 5.41) is 1.66. The van der Waals surface area contributed by atoms with Gasteiger partial charge in [-0.15, -0.1) is 0 Å². The van der Waals surface area contributed by atoms with E-state index in [4.69, 9.17) is 4.74 Å². The van der Waals surface area contributed by atoms with Gasteiger partial charge in [0.1, 0.15) is 5.75 Å². The van der Waals surface area contributed by atoms with Gasteiger partial charge in [0.05, 0.1) is 17.6 Å². The number of fused-ring (bicyclic) bond motifs is 1. The van der Waals surface area contributed by atoms with Gasteiger partial charge in [-0.1, -0.05) is 39.8 Å². The summed E-state index contributed by atoms with van der Waals surface area (Å²) >= 11 is 0.716. The summed E-state index contributed by atoms with van der Waals surface area (Å²) in [5.74, 6) is -0.324. The molecule has 1 aliphatic heterocycles. The number of ether oxygens (including phenoxy) is 1. The second-order valence-electron chi connectivity index (χ2n) is 9.99. The first-order chi connectivity index (χ1) is 15.7. The maximum atomic E-state index is 14.5. The molecule has 1 aliphatic carbocycles. The van der Waals surface area contributed by atoms with Gasteiger partial charge in [0.2, 0.25) is 0 Å². The summed E-state index contributed by atoms with van der Waals surface area (Å²) in [6, 6.07) is 7.80. The van der Waals surface area contributed by atoms with E-state index in [-0.39, 0.29) is 27.2 Å². The van der Waals surface area contributed by atoms with Crippen LogP contribution < -0.4 is 10.1 Å². The fraction of sp³-hybridized carbons (Fsp3) is 0.385. The van der Waals surface area contributed by atoms with Crippen molar-refractivity contribution >= 4 is 29.0 Å². The number of amides is 2. The fourth-order valence-corrected chi connectivity index (χ4v) is 5.42. The molecule has 1 heterocycles. The quantitative estimate of drug-likeness (QED) is 0.469. The number of thioether (sulfide) groups is 1. The van der Waals surface area contributed by atoms with E-state index >= 15 is 0 Å². The molecule has 4 nitrogen and oxygen atoms in total. The van der Waals surface area contributed by atoms with Crippen LogP contribution in [0.5, 0.6) is 5.75 Å². The second kappa shape index (κ2) is 8.18. The van der Waals surface area contributed by atoms with E-state index < -0.39 is 28.3 Å². The highest BCUT2D eigenvalue weighted by Crippen LogP contribution is 2.51. The smallest absolute Gasteiger partial charge is 0.417 e. The maximum Gasteiger partial charge on any atom is 0.417 e. The molecule has 0 unspecified atom stereocenters. The molecule has 1 N–H and O–H groups in total. The summed E-state index contributed by atoms with van der Waals surface area (Å²) in [6.45, 7) is 8.06. The Morgan fingerprint density at radius 2 is 1.65 bits per heavy atom. The first-order valence-corrected chi connectivity index (χ1v) is 11.7. The molecule has 2 amide bonds. The van der Waals surface area contributed by atoms with Gasteiger partial charge in [-0.3, -0.25) is 14.9 Å². The molecule has 180 valence electrons. The highest BCUT2D eigenvalue weighted by Gasteiger charge is 2.42. The molecular formula is C26H26F3NO3S. The molecule has 0 aromatic heterocycles. The molecule has 2 aromatic carbocycles. The minimum Gasteiger partial charge on any atom is -0.496 e. The Labute approximate surface area is 201 Å². The van der Waals surface area contributed by atoms with E-state index in [1.54, 1.807) is 24.3 Å². The lowest BCUT2D eigenvalue weighted by molar-refractivity contribution is -0.137. The van der Waals surface area contributed by atoms with Crippen molar-refractivity contribution in [2.75, 3.05) is 7.11 Å². The molecule has 0 spiro atoms. The van der Waals surface area contributed by atoms with E-state index in [9.17, 15) is 22.8 Å². The number of hydrogen-bond acceptors (Lipinski definition) is 4. The molecule has 1 fully saturated rings. The molecule has 0 saturated carbocycles. The normalized spacial score (nSPS) is 20.3. The molecule has 0 bridgehead atoms. The van der Waals surface area contributed by atoms with E-state index in [0.717, 1.165) is 18.4 Å². The molecule has 1 saturated heterocycles. The number of alkyl halides is 3. The largest absolute Gasteiger partial charge is 0.496 e. The zero-order chi connectivity index (χ0) is 25.1. The van der Waals surface area contributed by atoms with Gasteiger partial charge >= 0.3 is 6.18 Å². The van der Waals surface area contributed by atoms with Crippen molar-refractivity contribution in [3.63, 3.8) is 0 Å². The Bertz CT molecular complexity index is 1230. The van der Waals surface area contributed by atoms with Crippen LogP contribution >= 0.6 is 11.8 Å². The van der Waals surface area contributed by atoms with Gasteiger partial charge in [0.15, 0.2) is 0 Å². The molecule has 8 heteroatoms. The average Bonchev–Trinajstić information content (AvgIpc) is 3.06. The standard InChI is InChI=1S/C26H26F3NO3S/c1-24(2)9-10-25(3,4)18-13-16(26(27,28)29)15(12-17(18)24)21-14(7-6-8-19(21)33-5)11-20-22(31)30-23(32)34-20/h6-8,11-13H,9-10H2,1-5H3,(H,30,31,32)/b20-11-. The summed E-state index contributed by atoms with van der Waals surface area (Å²) in [7, 11) is 1.40. The zero-order valence-corrected chi connectivity index (χ0v) is 20.5. The van der Waals surface area contributed by atoms with Crippen LogP contribution in [0.15, 0.2) is 35.2 Å². The Morgan fingerprint density at radius 1 is 1.03 bits per heavy atom. The molecule has 2 aromatic rings. The summed E-state index contributed by atoms with van der Waals surface area (Å²) in [6.07, 6.45) is -1.53. The van der Waals surface area contributed by atoms with Crippen LogP contribution in [-0.4, -0.2) is 18.3 Å². The minimum atomic E-state index is -4.61. The number of halogens is 3. The first kappa shape index (κ1) is 24.4. The van der Waals surface area contributed by atoms with Gasteiger partial charge < -0.3 is 4.74 Å². The Morgan fingerprint density at radius 3 is 2.18 bits per heavy atom. The maximum absolute atomic E-state index is 14.5. The molecule has 4 rings (SSSR count). The second-order valence-corrected chi connectivity index (χ2v) is 11.0. The van der Waals surface area contributed by atoms with Gasteiger partial charge in [-0.25, -0.2) is 0 Å². The monoisotopic (exact) mass is 489 g/mol. The zero-order valence-electron chi connectivity index (χ0n) is 19.6.